The van der Waals surface area contributed by atoms with Crippen molar-refractivity contribution < 1.29 is 14.3 Å². The predicted molar refractivity (Wildman–Crippen MR) is 81.7 cm³/mol. The van der Waals surface area contributed by atoms with Gasteiger partial charge in [0, 0.05) is 23.6 Å². The van der Waals surface area contributed by atoms with E-state index < -0.39 is 0 Å². The Labute approximate surface area is 126 Å². The zero-order valence-corrected chi connectivity index (χ0v) is 12.8. The monoisotopic (exact) mass is 289 g/mol. The molecule has 0 atom stereocenters. The molecule has 2 rings (SSSR count). The van der Waals surface area contributed by atoms with Crippen molar-refractivity contribution >= 4 is 12.1 Å². The van der Waals surface area contributed by atoms with E-state index in [1.165, 1.54) is 0 Å². The Hall–Kier alpha value is -1.68. The molecule has 4 nitrogen and oxygen atoms in total. The van der Waals surface area contributed by atoms with Gasteiger partial charge in [0.2, 0.25) is 0 Å². The van der Waals surface area contributed by atoms with Crippen LogP contribution in [0.3, 0.4) is 0 Å². The Bertz CT molecular complexity index is 505. The Morgan fingerprint density at radius 3 is 2.67 bits per heavy atom. The molecule has 1 aromatic rings. The number of piperidine rings is 1. The summed E-state index contributed by atoms with van der Waals surface area (Å²) in [7, 11) is 0. The quantitative estimate of drug-likeness (QED) is 0.597. The van der Waals surface area contributed by atoms with Gasteiger partial charge in [-0.15, -0.1) is 0 Å². The smallest absolute Gasteiger partial charge is 0.159 e. The van der Waals surface area contributed by atoms with Crippen LogP contribution in [0.15, 0.2) is 18.2 Å². The van der Waals surface area contributed by atoms with E-state index in [4.69, 9.17) is 4.74 Å². The van der Waals surface area contributed by atoms with Crippen molar-refractivity contribution in [2.45, 2.75) is 33.2 Å². The highest BCUT2D eigenvalue weighted by Gasteiger charge is 2.20. The largest absolute Gasteiger partial charge is 0.494 e. The van der Waals surface area contributed by atoms with Crippen LogP contribution < -0.4 is 4.74 Å². The van der Waals surface area contributed by atoms with E-state index in [2.05, 4.69) is 4.90 Å². The molecule has 114 valence electrons. The van der Waals surface area contributed by atoms with Gasteiger partial charge in [0.05, 0.1) is 6.61 Å². The van der Waals surface area contributed by atoms with Crippen molar-refractivity contribution in [3.05, 3.63) is 29.3 Å². The summed E-state index contributed by atoms with van der Waals surface area (Å²) < 4.78 is 5.66. The van der Waals surface area contributed by atoms with Crippen molar-refractivity contribution in [2.24, 2.45) is 5.92 Å². The molecule has 21 heavy (non-hydrogen) atoms. The standard InChI is InChI=1S/C17H23NO3/c1-3-21-17-5-4-15(13(2)20)10-16(17)11-18-8-6-14(12-19)7-9-18/h4-5,10,12,14H,3,6-9,11H2,1-2H3. The highest BCUT2D eigenvalue weighted by molar-refractivity contribution is 5.94. The van der Waals surface area contributed by atoms with E-state index in [9.17, 15) is 9.59 Å². The SMILES string of the molecule is CCOc1ccc(C(C)=O)cc1CN1CCC(C=O)CC1. The minimum atomic E-state index is 0.0685. The minimum absolute atomic E-state index is 0.0685. The number of benzene rings is 1. The van der Waals surface area contributed by atoms with E-state index in [0.717, 1.165) is 55.6 Å². The number of ketones is 1. The summed E-state index contributed by atoms with van der Waals surface area (Å²) in [6.07, 6.45) is 2.90. The molecular formula is C17H23NO3. The van der Waals surface area contributed by atoms with Crippen LogP contribution in [-0.4, -0.2) is 36.7 Å². The first-order valence-electron chi connectivity index (χ1n) is 7.58. The minimum Gasteiger partial charge on any atom is -0.494 e. The maximum atomic E-state index is 11.5. The van der Waals surface area contributed by atoms with Gasteiger partial charge in [0.1, 0.15) is 12.0 Å². The molecule has 0 radical (unpaired) electrons. The summed E-state index contributed by atoms with van der Waals surface area (Å²) in [6.45, 7) is 6.74. The number of Topliss-reactive ketones (excluding diaryl/α,β-unsaturated/α-hetero) is 1. The van der Waals surface area contributed by atoms with Crippen LogP contribution in [0, 0.1) is 5.92 Å². The summed E-state index contributed by atoms with van der Waals surface area (Å²) in [6, 6.07) is 5.63. The second-order valence-corrected chi connectivity index (χ2v) is 5.56. The van der Waals surface area contributed by atoms with E-state index in [1.54, 1.807) is 6.92 Å². The van der Waals surface area contributed by atoms with Gasteiger partial charge in [0.15, 0.2) is 5.78 Å². The topological polar surface area (TPSA) is 46.6 Å². The number of hydrogen-bond acceptors (Lipinski definition) is 4. The lowest BCUT2D eigenvalue weighted by atomic mass is 9.98. The molecule has 0 N–H and O–H groups in total. The number of hydrogen-bond donors (Lipinski definition) is 0. The van der Waals surface area contributed by atoms with Crippen LogP contribution >= 0.6 is 0 Å². The highest BCUT2D eigenvalue weighted by Crippen LogP contribution is 2.24. The van der Waals surface area contributed by atoms with Gasteiger partial charge in [0.25, 0.3) is 0 Å². The fraction of sp³-hybridized carbons (Fsp3) is 0.529. The molecule has 1 aliphatic rings. The van der Waals surface area contributed by atoms with E-state index in [-0.39, 0.29) is 11.7 Å². The Kier molecular flexibility index (Phi) is 5.51. The van der Waals surface area contributed by atoms with E-state index >= 15 is 0 Å². The fourth-order valence-electron chi connectivity index (χ4n) is 2.71. The number of aldehydes is 1. The molecule has 1 heterocycles. The molecule has 4 heteroatoms. The zero-order valence-electron chi connectivity index (χ0n) is 12.8. The van der Waals surface area contributed by atoms with Crippen LogP contribution in [0.2, 0.25) is 0 Å². The maximum absolute atomic E-state index is 11.5. The third-order valence-electron chi connectivity index (χ3n) is 3.99. The normalized spacial score (nSPS) is 16.7. The van der Waals surface area contributed by atoms with Crippen LogP contribution in [-0.2, 0) is 11.3 Å². The molecule has 0 amide bonds. The van der Waals surface area contributed by atoms with Crippen molar-refractivity contribution in [1.29, 1.82) is 0 Å². The molecule has 0 unspecified atom stereocenters. The second kappa shape index (κ2) is 7.36. The Morgan fingerprint density at radius 1 is 1.38 bits per heavy atom. The van der Waals surface area contributed by atoms with Gasteiger partial charge < -0.3 is 9.53 Å². The average Bonchev–Trinajstić information content (AvgIpc) is 2.50. The fourth-order valence-corrected chi connectivity index (χ4v) is 2.71. The number of nitrogens with zero attached hydrogens (tertiary/aromatic N) is 1. The Morgan fingerprint density at radius 2 is 2.10 bits per heavy atom. The molecule has 1 fully saturated rings. The Balaban J connectivity index is 2.11. The molecule has 0 aliphatic carbocycles. The summed E-state index contributed by atoms with van der Waals surface area (Å²) >= 11 is 0. The summed E-state index contributed by atoms with van der Waals surface area (Å²) in [4.78, 5) is 24.7. The van der Waals surface area contributed by atoms with Gasteiger partial charge >= 0.3 is 0 Å². The van der Waals surface area contributed by atoms with Gasteiger partial charge in [-0.05, 0) is 58.0 Å². The first-order valence-corrected chi connectivity index (χ1v) is 7.58. The maximum Gasteiger partial charge on any atom is 0.159 e. The van der Waals surface area contributed by atoms with Crippen molar-refractivity contribution in [2.75, 3.05) is 19.7 Å². The lowest BCUT2D eigenvalue weighted by Gasteiger charge is -2.30. The zero-order chi connectivity index (χ0) is 15.2. The molecule has 0 bridgehead atoms. The highest BCUT2D eigenvalue weighted by atomic mass is 16.5. The second-order valence-electron chi connectivity index (χ2n) is 5.56. The summed E-state index contributed by atoms with van der Waals surface area (Å²) in [5.74, 6) is 1.12. The number of ether oxygens (including phenoxy) is 1. The molecule has 1 saturated heterocycles. The van der Waals surface area contributed by atoms with Gasteiger partial charge in [-0.25, -0.2) is 0 Å². The number of carbonyl (C=O) groups is 2. The van der Waals surface area contributed by atoms with Gasteiger partial charge in [-0.2, -0.15) is 0 Å². The first kappa shape index (κ1) is 15.7. The van der Waals surface area contributed by atoms with E-state index in [0.29, 0.717) is 6.61 Å². The van der Waals surface area contributed by atoms with Gasteiger partial charge in [-0.1, -0.05) is 0 Å². The molecule has 1 aliphatic heterocycles. The summed E-state index contributed by atoms with van der Waals surface area (Å²) in [5.41, 5.74) is 1.77. The molecule has 0 spiro atoms. The van der Waals surface area contributed by atoms with Crippen molar-refractivity contribution in [3.8, 4) is 5.75 Å². The first-order chi connectivity index (χ1) is 10.1. The van der Waals surface area contributed by atoms with Crippen LogP contribution in [0.25, 0.3) is 0 Å². The van der Waals surface area contributed by atoms with Crippen LogP contribution in [0.4, 0.5) is 0 Å². The molecule has 1 aromatic carbocycles. The third kappa shape index (κ3) is 4.14. The van der Waals surface area contributed by atoms with E-state index in [1.807, 2.05) is 25.1 Å². The predicted octanol–water partition coefficient (Wildman–Crippen LogP) is 2.70. The molecule has 0 saturated carbocycles. The molecular weight excluding hydrogens is 266 g/mol. The lowest BCUT2D eigenvalue weighted by molar-refractivity contribution is -0.112. The summed E-state index contributed by atoms with van der Waals surface area (Å²) in [5, 5.41) is 0. The van der Waals surface area contributed by atoms with Crippen molar-refractivity contribution in [1.82, 2.24) is 4.90 Å². The average molecular weight is 289 g/mol. The lowest BCUT2D eigenvalue weighted by Crippen LogP contribution is -2.33. The number of rotatable bonds is 6. The van der Waals surface area contributed by atoms with Crippen molar-refractivity contribution in [3.63, 3.8) is 0 Å². The van der Waals surface area contributed by atoms with Gasteiger partial charge in [-0.3, -0.25) is 9.69 Å². The third-order valence-corrected chi connectivity index (χ3v) is 3.99. The van der Waals surface area contributed by atoms with Crippen LogP contribution in [0.1, 0.15) is 42.6 Å². The molecule has 0 aromatic heterocycles. The number of carbonyl (C=O) groups excluding carboxylic acids is 2. The number of likely N-dealkylation sites (tertiary alicyclic amines) is 1. The van der Waals surface area contributed by atoms with Crippen LogP contribution in [0.5, 0.6) is 5.75 Å².